The highest BCUT2D eigenvalue weighted by molar-refractivity contribution is 5.92. The third-order valence-corrected chi connectivity index (χ3v) is 2.77. The molecule has 0 aliphatic heterocycles. The summed E-state index contributed by atoms with van der Waals surface area (Å²) in [5.74, 6) is 1.52. The number of ether oxygens (including phenoxy) is 1. The van der Waals surface area contributed by atoms with Crippen LogP contribution in [0.4, 0.5) is 5.69 Å². The van der Waals surface area contributed by atoms with Crippen molar-refractivity contribution in [3.05, 3.63) is 24.3 Å². The number of nitrogens with one attached hydrogen (secondary N) is 2. The van der Waals surface area contributed by atoms with Crippen molar-refractivity contribution in [2.45, 2.75) is 12.8 Å². The number of benzene rings is 1. The van der Waals surface area contributed by atoms with Crippen LogP contribution in [0.25, 0.3) is 0 Å². The molecule has 0 saturated heterocycles. The summed E-state index contributed by atoms with van der Waals surface area (Å²) in [7, 11) is 1.61. The average Bonchev–Trinajstić information content (AvgIpc) is 3.13. The molecule has 1 aliphatic carbocycles. The molecule has 4 nitrogen and oxygen atoms in total. The molecule has 0 radical (unpaired) electrons. The van der Waals surface area contributed by atoms with E-state index in [1.54, 1.807) is 13.2 Å². The molecule has 1 aromatic rings. The van der Waals surface area contributed by atoms with Gasteiger partial charge in [-0.3, -0.25) is 4.79 Å². The first kappa shape index (κ1) is 14.8. The van der Waals surface area contributed by atoms with E-state index < -0.39 is 0 Å². The molecule has 100 valence electrons. The topological polar surface area (TPSA) is 50.4 Å². The van der Waals surface area contributed by atoms with E-state index >= 15 is 0 Å². The quantitative estimate of drug-likeness (QED) is 0.832. The fraction of sp³-hybridized carbons (Fsp3) is 0.462. The van der Waals surface area contributed by atoms with E-state index in [4.69, 9.17) is 4.74 Å². The summed E-state index contributed by atoms with van der Waals surface area (Å²) < 4.78 is 5.09. The van der Waals surface area contributed by atoms with Gasteiger partial charge in [0, 0.05) is 11.8 Å². The van der Waals surface area contributed by atoms with Gasteiger partial charge in [0.25, 0.3) is 0 Å². The summed E-state index contributed by atoms with van der Waals surface area (Å²) in [6.07, 6.45) is 2.59. The summed E-state index contributed by atoms with van der Waals surface area (Å²) >= 11 is 0. The van der Waals surface area contributed by atoms with Crippen LogP contribution in [-0.4, -0.2) is 26.1 Å². The summed E-state index contributed by atoms with van der Waals surface area (Å²) in [4.78, 5) is 11.6. The molecule has 0 spiro atoms. The van der Waals surface area contributed by atoms with E-state index in [1.807, 2.05) is 18.2 Å². The number of carbonyl (C=O) groups excluding carboxylic acids is 1. The lowest BCUT2D eigenvalue weighted by Crippen LogP contribution is -2.29. The number of amides is 1. The normalized spacial score (nSPS) is 13.6. The minimum Gasteiger partial charge on any atom is -0.497 e. The third-order valence-electron chi connectivity index (χ3n) is 2.77. The number of halogens is 1. The number of hydrogen-bond donors (Lipinski definition) is 2. The Morgan fingerprint density at radius 2 is 2.22 bits per heavy atom. The Morgan fingerprint density at radius 3 is 2.89 bits per heavy atom. The van der Waals surface area contributed by atoms with Crippen LogP contribution in [0.5, 0.6) is 5.75 Å². The minimum atomic E-state index is -0.0149. The standard InChI is InChI=1S/C13H18N2O2.ClH/c1-17-12-4-2-3-11(7-12)15-13(16)9-14-8-10-5-6-10;/h2-4,7,10,14H,5-6,8-9H2,1H3,(H,15,16);1H. The molecular formula is C13H19ClN2O2. The van der Waals surface area contributed by atoms with Crippen LogP contribution in [-0.2, 0) is 4.79 Å². The number of anilines is 1. The second kappa shape index (κ2) is 7.24. The predicted molar refractivity (Wildman–Crippen MR) is 74.5 cm³/mol. The van der Waals surface area contributed by atoms with Crippen molar-refractivity contribution in [2.24, 2.45) is 5.92 Å². The number of carbonyl (C=O) groups is 1. The molecule has 0 heterocycles. The van der Waals surface area contributed by atoms with Crippen molar-refractivity contribution in [1.82, 2.24) is 5.32 Å². The molecule has 1 amide bonds. The third kappa shape index (κ3) is 4.94. The first-order chi connectivity index (χ1) is 8.28. The molecule has 2 rings (SSSR count). The van der Waals surface area contributed by atoms with Crippen molar-refractivity contribution in [3.8, 4) is 5.75 Å². The van der Waals surface area contributed by atoms with Gasteiger partial charge in [-0.1, -0.05) is 6.07 Å². The minimum absolute atomic E-state index is 0. The largest absolute Gasteiger partial charge is 0.497 e. The first-order valence-electron chi connectivity index (χ1n) is 5.92. The van der Waals surface area contributed by atoms with Gasteiger partial charge in [-0.05, 0) is 37.4 Å². The van der Waals surface area contributed by atoms with Crippen LogP contribution in [0.1, 0.15) is 12.8 Å². The summed E-state index contributed by atoms with van der Waals surface area (Å²) in [6.45, 7) is 1.32. The highest BCUT2D eigenvalue weighted by Crippen LogP contribution is 2.27. The highest BCUT2D eigenvalue weighted by Gasteiger charge is 2.20. The summed E-state index contributed by atoms with van der Waals surface area (Å²) in [5, 5.41) is 5.98. The lowest BCUT2D eigenvalue weighted by molar-refractivity contribution is -0.115. The number of methoxy groups -OCH3 is 1. The van der Waals surface area contributed by atoms with Crippen LogP contribution in [0.2, 0.25) is 0 Å². The van der Waals surface area contributed by atoms with Crippen molar-refractivity contribution in [1.29, 1.82) is 0 Å². The molecule has 0 aromatic heterocycles. The van der Waals surface area contributed by atoms with Gasteiger partial charge in [0.15, 0.2) is 0 Å². The maximum absolute atomic E-state index is 11.6. The monoisotopic (exact) mass is 270 g/mol. The molecular weight excluding hydrogens is 252 g/mol. The summed E-state index contributed by atoms with van der Waals surface area (Å²) in [5.41, 5.74) is 0.766. The van der Waals surface area contributed by atoms with Gasteiger partial charge in [0.1, 0.15) is 5.75 Å². The molecule has 1 aliphatic rings. The molecule has 1 saturated carbocycles. The van der Waals surface area contributed by atoms with Crippen LogP contribution in [0.15, 0.2) is 24.3 Å². The van der Waals surface area contributed by atoms with Crippen molar-refractivity contribution >= 4 is 24.0 Å². The Hall–Kier alpha value is -1.26. The van der Waals surface area contributed by atoms with Gasteiger partial charge in [0.2, 0.25) is 5.91 Å². The Labute approximate surface area is 114 Å². The predicted octanol–water partition coefficient (Wildman–Crippen LogP) is 2.06. The molecule has 0 atom stereocenters. The Bertz CT molecular complexity index is 394. The van der Waals surface area contributed by atoms with Gasteiger partial charge in [-0.2, -0.15) is 0 Å². The van der Waals surface area contributed by atoms with Crippen molar-refractivity contribution in [3.63, 3.8) is 0 Å². The van der Waals surface area contributed by atoms with Crippen LogP contribution < -0.4 is 15.4 Å². The highest BCUT2D eigenvalue weighted by atomic mass is 35.5. The lowest BCUT2D eigenvalue weighted by Gasteiger charge is -2.07. The Balaban J connectivity index is 0.00000162. The SMILES string of the molecule is COc1cccc(NC(=O)CNCC2CC2)c1.Cl. The first-order valence-corrected chi connectivity index (χ1v) is 5.92. The van der Waals surface area contributed by atoms with Gasteiger partial charge in [0.05, 0.1) is 13.7 Å². The maximum Gasteiger partial charge on any atom is 0.238 e. The van der Waals surface area contributed by atoms with Crippen molar-refractivity contribution < 1.29 is 9.53 Å². The maximum atomic E-state index is 11.6. The van der Waals surface area contributed by atoms with Crippen molar-refractivity contribution in [2.75, 3.05) is 25.5 Å². The second-order valence-electron chi connectivity index (χ2n) is 4.35. The molecule has 0 bridgehead atoms. The molecule has 5 heteroatoms. The Kier molecular flexibility index (Phi) is 5.95. The zero-order valence-electron chi connectivity index (χ0n) is 10.4. The zero-order valence-corrected chi connectivity index (χ0v) is 11.3. The zero-order chi connectivity index (χ0) is 12.1. The van der Waals surface area contributed by atoms with Crippen LogP contribution in [0.3, 0.4) is 0 Å². The van der Waals surface area contributed by atoms with E-state index in [1.165, 1.54) is 12.8 Å². The number of rotatable bonds is 6. The molecule has 2 N–H and O–H groups in total. The van der Waals surface area contributed by atoms with E-state index in [9.17, 15) is 4.79 Å². The van der Waals surface area contributed by atoms with Gasteiger partial charge < -0.3 is 15.4 Å². The van der Waals surface area contributed by atoms with E-state index in [2.05, 4.69) is 10.6 Å². The fourth-order valence-corrected chi connectivity index (χ4v) is 1.62. The smallest absolute Gasteiger partial charge is 0.238 e. The Morgan fingerprint density at radius 1 is 1.44 bits per heavy atom. The van der Waals surface area contributed by atoms with Crippen LogP contribution >= 0.6 is 12.4 Å². The van der Waals surface area contributed by atoms with E-state index in [0.717, 1.165) is 23.9 Å². The lowest BCUT2D eigenvalue weighted by atomic mass is 10.3. The molecule has 1 fully saturated rings. The second-order valence-corrected chi connectivity index (χ2v) is 4.35. The molecule has 0 unspecified atom stereocenters. The van der Waals surface area contributed by atoms with Gasteiger partial charge >= 0.3 is 0 Å². The van der Waals surface area contributed by atoms with E-state index in [-0.39, 0.29) is 18.3 Å². The molecule has 1 aromatic carbocycles. The molecule has 18 heavy (non-hydrogen) atoms. The summed E-state index contributed by atoms with van der Waals surface area (Å²) in [6, 6.07) is 7.35. The number of hydrogen-bond acceptors (Lipinski definition) is 3. The van der Waals surface area contributed by atoms with Crippen LogP contribution in [0, 0.1) is 5.92 Å². The van der Waals surface area contributed by atoms with Gasteiger partial charge in [-0.15, -0.1) is 12.4 Å². The van der Waals surface area contributed by atoms with E-state index in [0.29, 0.717) is 6.54 Å². The van der Waals surface area contributed by atoms with Gasteiger partial charge in [-0.25, -0.2) is 0 Å². The average molecular weight is 271 g/mol. The fourth-order valence-electron chi connectivity index (χ4n) is 1.62.